The van der Waals surface area contributed by atoms with Crippen LogP contribution < -0.4 is 5.32 Å². The van der Waals surface area contributed by atoms with E-state index in [-0.39, 0.29) is 0 Å². The molecule has 21 heavy (non-hydrogen) atoms. The number of amides is 1. The molecule has 0 radical (unpaired) electrons. The van der Waals surface area contributed by atoms with E-state index in [2.05, 4.69) is 59.9 Å². The van der Waals surface area contributed by atoms with Gasteiger partial charge < -0.3 is 5.32 Å². The minimum absolute atomic E-state index is 0.678. The van der Waals surface area contributed by atoms with Crippen molar-refractivity contribution in [2.75, 3.05) is 6.54 Å². The summed E-state index contributed by atoms with van der Waals surface area (Å²) in [5.41, 5.74) is 6.76. The highest BCUT2D eigenvalue weighted by molar-refractivity contribution is 5.83. The molecule has 1 amide bonds. The average Bonchev–Trinajstić information content (AvgIpc) is 2.69. The van der Waals surface area contributed by atoms with Crippen molar-refractivity contribution >= 4 is 12.0 Å². The number of carbonyl (C=O) groups excluding carboxylic acids is 1. The Kier molecular flexibility index (Phi) is 4.15. The van der Waals surface area contributed by atoms with Crippen LogP contribution in [0.2, 0.25) is 0 Å². The van der Waals surface area contributed by atoms with Gasteiger partial charge >= 0.3 is 0 Å². The molecule has 0 saturated carbocycles. The van der Waals surface area contributed by atoms with Crippen LogP contribution in [-0.2, 0) is 17.6 Å². The summed E-state index contributed by atoms with van der Waals surface area (Å²) in [6, 6.07) is 17.3. The van der Waals surface area contributed by atoms with Crippen LogP contribution in [0.4, 0.5) is 0 Å². The minimum Gasteiger partial charge on any atom is -0.358 e. The summed E-state index contributed by atoms with van der Waals surface area (Å²) >= 11 is 0. The van der Waals surface area contributed by atoms with E-state index < -0.39 is 0 Å². The zero-order chi connectivity index (χ0) is 14.5. The zero-order valence-electron chi connectivity index (χ0n) is 12.0. The molecule has 1 aliphatic carbocycles. The van der Waals surface area contributed by atoms with Gasteiger partial charge in [-0.2, -0.15) is 0 Å². The number of hydrogen-bond donors (Lipinski definition) is 1. The predicted molar refractivity (Wildman–Crippen MR) is 86.1 cm³/mol. The summed E-state index contributed by atoms with van der Waals surface area (Å²) in [6.45, 7) is 0.678. The van der Waals surface area contributed by atoms with Crippen LogP contribution in [-0.4, -0.2) is 13.0 Å². The molecule has 1 aliphatic rings. The zero-order valence-corrected chi connectivity index (χ0v) is 12.0. The van der Waals surface area contributed by atoms with Crippen LogP contribution >= 0.6 is 0 Å². The monoisotopic (exact) mass is 277 g/mol. The second-order valence-corrected chi connectivity index (χ2v) is 5.29. The standard InChI is InChI=1S/C19H19NO/c21-14-20-13-5-10-19-17-8-3-1-6-15(17)11-12-16-7-2-4-9-18(16)19/h1-4,6-10,14H,5,11-13H2,(H,20,21). The van der Waals surface area contributed by atoms with Gasteiger partial charge in [0.2, 0.25) is 6.41 Å². The first-order valence-corrected chi connectivity index (χ1v) is 7.44. The molecule has 2 aromatic carbocycles. The maximum atomic E-state index is 10.4. The number of aryl methyl sites for hydroxylation is 2. The third kappa shape index (κ3) is 2.89. The average molecular weight is 277 g/mol. The van der Waals surface area contributed by atoms with Crippen molar-refractivity contribution in [1.82, 2.24) is 5.32 Å². The highest BCUT2D eigenvalue weighted by Crippen LogP contribution is 2.33. The van der Waals surface area contributed by atoms with E-state index in [1.165, 1.54) is 27.8 Å². The number of nitrogens with one attached hydrogen (secondary N) is 1. The Morgan fingerprint density at radius 1 is 0.905 bits per heavy atom. The Labute approximate surface area is 125 Å². The van der Waals surface area contributed by atoms with E-state index in [0.717, 1.165) is 25.7 Å². The summed E-state index contributed by atoms with van der Waals surface area (Å²) in [5.74, 6) is 0. The van der Waals surface area contributed by atoms with Gasteiger partial charge in [-0.25, -0.2) is 0 Å². The van der Waals surface area contributed by atoms with Crippen LogP contribution in [0.1, 0.15) is 28.7 Å². The first-order chi connectivity index (χ1) is 10.4. The molecule has 2 heteroatoms. The third-order valence-corrected chi connectivity index (χ3v) is 4.00. The van der Waals surface area contributed by atoms with Crippen molar-refractivity contribution in [3.63, 3.8) is 0 Å². The smallest absolute Gasteiger partial charge is 0.207 e. The van der Waals surface area contributed by atoms with Gasteiger partial charge in [0.25, 0.3) is 0 Å². The lowest BCUT2D eigenvalue weighted by atomic mass is 9.93. The van der Waals surface area contributed by atoms with Crippen LogP contribution in [0, 0.1) is 0 Å². The summed E-state index contributed by atoms with van der Waals surface area (Å²) in [4.78, 5) is 10.4. The molecular formula is C19H19NO. The molecule has 2 aromatic rings. The summed E-state index contributed by atoms with van der Waals surface area (Å²) < 4.78 is 0. The van der Waals surface area contributed by atoms with E-state index in [1.807, 2.05) is 0 Å². The fraction of sp³-hybridized carbons (Fsp3) is 0.211. The van der Waals surface area contributed by atoms with Crippen LogP contribution in [0.3, 0.4) is 0 Å². The predicted octanol–water partition coefficient (Wildman–Crippen LogP) is 3.35. The highest BCUT2D eigenvalue weighted by Gasteiger charge is 2.16. The Balaban J connectivity index is 2.04. The van der Waals surface area contributed by atoms with E-state index >= 15 is 0 Å². The number of rotatable bonds is 4. The Morgan fingerprint density at radius 3 is 2.05 bits per heavy atom. The summed E-state index contributed by atoms with van der Waals surface area (Å²) in [5, 5.41) is 2.73. The van der Waals surface area contributed by atoms with Gasteiger partial charge in [0.05, 0.1) is 0 Å². The molecule has 0 bridgehead atoms. The topological polar surface area (TPSA) is 29.1 Å². The van der Waals surface area contributed by atoms with E-state index in [4.69, 9.17) is 0 Å². The Morgan fingerprint density at radius 2 is 1.48 bits per heavy atom. The number of carbonyl (C=O) groups is 1. The van der Waals surface area contributed by atoms with Gasteiger partial charge in [-0.05, 0) is 47.1 Å². The normalized spacial score (nSPS) is 12.9. The van der Waals surface area contributed by atoms with Crippen molar-refractivity contribution in [1.29, 1.82) is 0 Å². The lowest BCUT2D eigenvalue weighted by Gasteiger charge is -2.12. The third-order valence-electron chi connectivity index (χ3n) is 4.00. The number of benzene rings is 2. The molecule has 106 valence electrons. The first-order valence-electron chi connectivity index (χ1n) is 7.44. The number of fused-ring (bicyclic) bond motifs is 2. The highest BCUT2D eigenvalue weighted by atomic mass is 16.1. The summed E-state index contributed by atoms with van der Waals surface area (Å²) in [6.07, 6.45) is 6.01. The Bertz CT molecular complexity index is 623. The Hall–Kier alpha value is -2.35. The fourth-order valence-electron chi connectivity index (χ4n) is 3.00. The van der Waals surface area contributed by atoms with Gasteiger partial charge in [-0.3, -0.25) is 4.79 Å². The van der Waals surface area contributed by atoms with Crippen LogP contribution in [0.5, 0.6) is 0 Å². The van der Waals surface area contributed by atoms with Crippen LogP contribution in [0.25, 0.3) is 5.57 Å². The molecule has 0 saturated heterocycles. The minimum atomic E-state index is 0.678. The van der Waals surface area contributed by atoms with Gasteiger partial charge in [0.1, 0.15) is 0 Å². The summed E-state index contributed by atoms with van der Waals surface area (Å²) in [7, 11) is 0. The molecule has 2 nitrogen and oxygen atoms in total. The fourth-order valence-corrected chi connectivity index (χ4v) is 3.00. The molecule has 0 unspecified atom stereocenters. The second-order valence-electron chi connectivity index (χ2n) is 5.29. The van der Waals surface area contributed by atoms with Crippen molar-refractivity contribution in [3.8, 4) is 0 Å². The molecule has 0 heterocycles. The molecule has 1 N–H and O–H groups in total. The van der Waals surface area contributed by atoms with Crippen molar-refractivity contribution in [2.45, 2.75) is 19.3 Å². The quantitative estimate of drug-likeness (QED) is 0.674. The number of hydrogen-bond acceptors (Lipinski definition) is 1. The molecule has 0 atom stereocenters. The maximum Gasteiger partial charge on any atom is 0.207 e. The molecule has 0 aliphatic heterocycles. The molecule has 0 fully saturated rings. The largest absolute Gasteiger partial charge is 0.358 e. The molecular weight excluding hydrogens is 258 g/mol. The van der Waals surface area contributed by atoms with Gasteiger partial charge in [-0.1, -0.05) is 54.6 Å². The second kappa shape index (κ2) is 6.40. The van der Waals surface area contributed by atoms with E-state index in [1.54, 1.807) is 0 Å². The molecule has 0 aromatic heterocycles. The maximum absolute atomic E-state index is 10.4. The molecule has 3 rings (SSSR count). The lowest BCUT2D eigenvalue weighted by Crippen LogP contribution is -2.11. The van der Waals surface area contributed by atoms with Gasteiger partial charge in [0, 0.05) is 6.54 Å². The lowest BCUT2D eigenvalue weighted by molar-refractivity contribution is -0.109. The van der Waals surface area contributed by atoms with Crippen molar-refractivity contribution in [3.05, 3.63) is 76.9 Å². The first kappa shape index (κ1) is 13.6. The van der Waals surface area contributed by atoms with Crippen molar-refractivity contribution in [2.24, 2.45) is 0 Å². The SMILES string of the molecule is O=CNCCC=C1c2ccccc2CCc2ccccc21. The van der Waals surface area contributed by atoms with E-state index in [9.17, 15) is 4.79 Å². The molecule has 0 spiro atoms. The van der Waals surface area contributed by atoms with E-state index in [0.29, 0.717) is 6.54 Å². The van der Waals surface area contributed by atoms with Crippen LogP contribution in [0.15, 0.2) is 54.6 Å². The van der Waals surface area contributed by atoms with Gasteiger partial charge in [-0.15, -0.1) is 0 Å². The van der Waals surface area contributed by atoms with Crippen molar-refractivity contribution < 1.29 is 4.79 Å². The van der Waals surface area contributed by atoms with Gasteiger partial charge in [0.15, 0.2) is 0 Å².